The average Bonchev–Trinajstić information content (AvgIpc) is 2.36. The highest BCUT2D eigenvalue weighted by Crippen LogP contribution is 2.50. The molecule has 1 aromatic carbocycles. The fourth-order valence-electron chi connectivity index (χ4n) is 3.17. The lowest BCUT2D eigenvalue weighted by atomic mass is 9.81. The van der Waals surface area contributed by atoms with Gasteiger partial charge in [0.1, 0.15) is 5.75 Å². The Morgan fingerprint density at radius 2 is 2.15 bits per heavy atom. The van der Waals surface area contributed by atoms with Gasteiger partial charge in [-0.3, -0.25) is 0 Å². The van der Waals surface area contributed by atoms with E-state index in [1.165, 1.54) is 0 Å². The van der Waals surface area contributed by atoms with Gasteiger partial charge >= 0.3 is 0 Å². The summed E-state index contributed by atoms with van der Waals surface area (Å²) in [6, 6.07) is 4.30. The molecular formula is C14H16Br2N2OS. The van der Waals surface area contributed by atoms with Gasteiger partial charge in [0.15, 0.2) is 10.8 Å². The minimum absolute atomic E-state index is 0.174. The highest BCUT2D eigenvalue weighted by molar-refractivity contribution is 9.11. The van der Waals surface area contributed by atoms with Crippen molar-refractivity contribution in [3.8, 4) is 5.75 Å². The number of rotatable bonds is 1. The smallest absolute Gasteiger partial charge is 0.186 e. The lowest BCUT2D eigenvalue weighted by Gasteiger charge is -2.56. The van der Waals surface area contributed by atoms with Crippen molar-refractivity contribution in [1.82, 2.24) is 10.2 Å². The Bertz CT molecular complexity index is 595. The van der Waals surface area contributed by atoms with Crippen molar-refractivity contribution in [2.45, 2.75) is 32.5 Å². The van der Waals surface area contributed by atoms with Crippen molar-refractivity contribution in [3.05, 3.63) is 26.6 Å². The number of hydrogen-bond acceptors (Lipinski definition) is 2. The molecule has 3 nitrogen and oxygen atoms in total. The van der Waals surface area contributed by atoms with E-state index in [0.29, 0.717) is 5.92 Å². The number of hydrogen-bond donors (Lipinski definition) is 1. The fourth-order valence-corrected chi connectivity index (χ4v) is 4.95. The van der Waals surface area contributed by atoms with Crippen LogP contribution in [0.25, 0.3) is 0 Å². The molecule has 6 heteroatoms. The minimum atomic E-state index is -0.412. The highest BCUT2D eigenvalue weighted by Gasteiger charge is 2.53. The van der Waals surface area contributed by atoms with Crippen LogP contribution in [0.15, 0.2) is 21.1 Å². The monoisotopic (exact) mass is 418 g/mol. The molecular weight excluding hydrogens is 404 g/mol. The van der Waals surface area contributed by atoms with Crippen LogP contribution in [0, 0.1) is 5.92 Å². The number of benzene rings is 1. The minimum Gasteiger partial charge on any atom is -0.466 e. The van der Waals surface area contributed by atoms with Crippen LogP contribution in [0.4, 0.5) is 0 Å². The number of halogens is 2. The lowest BCUT2D eigenvalue weighted by molar-refractivity contribution is -0.109. The SMILES string of the molecule is CCN1C(=S)NC2c3cc(Br)cc(Br)c3OC1(C)C2C. The first-order valence-corrected chi connectivity index (χ1v) is 8.64. The van der Waals surface area contributed by atoms with Gasteiger partial charge in [-0.05, 0) is 54.1 Å². The molecule has 0 amide bonds. The first kappa shape index (κ1) is 14.6. The van der Waals surface area contributed by atoms with Crippen LogP contribution in [0.5, 0.6) is 5.75 Å². The van der Waals surface area contributed by atoms with Crippen LogP contribution in [-0.2, 0) is 0 Å². The third-order valence-electron chi connectivity index (χ3n) is 4.40. The van der Waals surface area contributed by atoms with Gasteiger partial charge in [-0.1, -0.05) is 22.9 Å². The van der Waals surface area contributed by atoms with Crippen LogP contribution < -0.4 is 10.1 Å². The van der Waals surface area contributed by atoms with Crippen LogP contribution in [0.1, 0.15) is 32.4 Å². The van der Waals surface area contributed by atoms with Crippen molar-refractivity contribution >= 4 is 49.2 Å². The zero-order valence-corrected chi connectivity index (χ0v) is 15.5. The molecule has 0 saturated carbocycles. The molecule has 1 saturated heterocycles. The van der Waals surface area contributed by atoms with Gasteiger partial charge in [-0.2, -0.15) is 0 Å². The summed E-state index contributed by atoms with van der Waals surface area (Å²) in [7, 11) is 0. The predicted molar refractivity (Wildman–Crippen MR) is 90.9 cm³/mol. The van der Waals surface area contributed by atoms with Crippen LogP contribution in [-0.4, -0.2) is 22.3 Å². The zero-order valence-electron chi connectivity index (χ0n) is 11.5. The summed E-state index contributed by atoms with van der Waals surface area (Å²) in [6.45, 7) is 7.25. The third kappa shape index (κ3) is 1.91. The Morgan fingerprint density at radius 3 is 2.80 bits per heavy atom. The maximum Gasteiger partial charge on any atom is 0.186 e. The molecule has 2 aliphatic rings. The largest absolute Gasteiger partial charge is 0.466 e. The summed E-state index contributed by atoms with van der Waals surface area (Å²) >= 11 is 12.7. The molecule has 1 aromatic rings. The molecule has 0 spiro atoms. The second-order valence-corrected chi connectivity index (χ2v) is 7.58. The molecule has 108 valence electrons. The van der Waals surface area contributed by atoms with Gasteiger partial charge in [-0.25, -0.2) is 0 Å². The summed E-state index contributed by atoms with van der Waals surface area (Å²) in [4.78, 5) is 2.13. The van der Waals surface area contributed by atoms with Gasteiger partial charge in [-0.15, -0.1) is 0 Å². The zero-order chi connectivity index (χ0) is 14.7. The van der Waals surface area contributed by atoms with Gasteiger partial charge in [0.25, 0.3) is 0 Å². The molecule has 0 aliphatic carbocycles. The van der Waals surface area contributed by atoms with Crippen molar-refractivity contribution in [1.29, 1.82) is 0 Å². The second-order valence-electron chi connectivity index (χ2n) is 5.42. The molecule has 3 atom stereocenters. The summed E-state index contributed by atoms with van der Waals surface area (Å²) < 4.78 is 8.40. The first-order valence-electron chi connectivity index (χ1n) is 6.64. The van der Waals surface area contributed by atoms with Crippen molar-refractivity contribution in [3.63, 3.8) is 0 Å². The Morgan fingerprint density at radius 1 is 1.45 bits per heavy atom. The molecule has 2 aliphatic heterocycles. The maximum atomic E-state index is 6.39. The van der Waals surface area contributed by atoms with Crippen molar-refractivity contribution < 1.29 is 4.74 Å². The van der Waals surface area contributed by atoms with Crippen LogP contribution >= 0.6 is 44.1 Å². The topological polar surface area (TPSA) is 24.5 Å². The molecule has 1 fully saturated rings. The number of fused-ring (bicyclic) bond motifs is 4. The normalized spacial score (nSPS) is 31.4. The molecule has 2 bridgehead atoms. The Balaban J connectivity index is 2.19. The van der Waals surface area contributed by atoms with Gasteiger partial charge < -0.3 is 15.0 Å². The van der Waals surface area contributed by atoms with Gasteiger partial charge in [0, 0.05) is 22.5 Å². The first-order chi connectivity index (χ1) is 9.38. The molecule has 1 N–H and O–H groups in total. The van der Waals surface area contributed by atoms with E-state index in [-0.39, 0.29) is 6.04 Å². The number of nitrogens with zero attached hydrogens (tertiary/aromatic N) is 1. The van der Waals surface area contributed by atoms with E-state index in [1.807, 2.05) is 6.07 Å². The summed E-state index contributed by atoms with van der Waals surface area (Å²) in [6.07, 6.45) is 0. The standard InChI is InChI=1S/C14H16Br2N2OS/c1-4-18-13(20)17-11-7(2)14(18,3)19-12-9(11)5-8(15)6-10(12)16/h5-7,11H,4H2,1-3H3,(H,17,20). The second kappa shape index (κ2) is 4.85. The quantitative estimate of drug-likeness (QED) is 0.689. The van der Waals surface area contributed by atoms with Gasteiger partial charge in [0.2, 0.25) is 0 Å². The van der Waals surface area contributed by atoms with Crippen LogP contribution in [0.3, 0.4) is 0 Å². The molecule has 0 radical (unpaired) electrons. The van der Waals surface area contributed by atoms with Crippen molar-refractivity contribution in [2.75, 3.05) is 6.54 Å². The third-order valence-corrected chi connectivity index (χ3v) is 5.79. The Labute approximate surface area is 141 Å². The molecule has 0 aromatic heterocycles. The Kier molecular flexibility index (Phi) is 3.54. The Hall–Kier alpha value is -0.330. The fraction of sp³-hybridized carbons (Fsp3) is 0.500. The van der Waals surface area contributed by atoms with Crippen molar-refractivity contribution in [2.24, 2.45) is 5.92 Å². The summed E-state index contributed by atoms with van der Waals surface area (Å²) in [5, 5.41) is 4.23. The predicted octanol–water partition coefficient (Wildman–Crippen LogP) is 4.21. The van der Waals surface area contributed by atoms with E-state index in [0.717, 1.165) is 31.9 Å². The van der Waals surface area contributed by atoms with E-state index < -0.39 is 5.72 Å². The van der Waals surface area contributed by atoms with E-state index in [4.69, 9.17) is 17.0 Å². The number of ether oxygens (including phenoxy) is 1. The average molecular weight is 420 g/mol. The molecule has 20 heavy (non-hydrogen) atoms. The number of thiocarbonyl (C=S) groups is 1. The molecule has 3 unspecified atom stereocenters. The summed E-state index contributed by atoms with van der Waals surface area (Å²) in [5.74, 6) is 1.20. The van der Waals surface area contributed by atoms with E-state index in [1.54, 1.807) is 0 Å². The van der Waals surface area contributed by atoms with Crippen LogP contribution in [0.2, 0.25) is 0 Å². The van der Waals surface area contributed by atoms with E-state index in [9.17, 15) is 0 Å². The molecule has 3 rings (SSSR count). The van der Waals surface area contributed by atoms with Gasteiger partial charge in [0.05, 0.1) is 10.5 Å². The lowest BCUT2D eigenvalue weighted by Crippen LogP contribution is -2.68. The number of nitrogens with one attached hydrogen (secondary N) is 1. The highest BCUT2D eigenvalue weighted by atomic mass is 79.9. The maximum absolute atomic E-state index is 6.39. The van der Waals surface area contributed by atoms with E-state index in [2.05, 4.69) is 68.9 Å². The molecule has 2 heterocycles. The van der Waals surface area contributed by atoms with E-state index >= 15 is 0 Å². The summed E-state index contributed by atoms with van der Waals surface area (Å²) in [5.41, 5.74) is 0.736.